The Labute approximate surface area is 137 Å². The van der Waals surface area contributed by atoms with Crippen LogP contribution in [0, 0.1) is 0 Å². The summed E-state index contributed by atoms with van der Waals surface area (Å²) in [6.45, 7) is 2.09. The van der Waals surface area contributed by atoms with Crippen LogP contribution in [-0.2, 0) is 6.42 Å². The van der Waals surface area contributed by atoms with Crippen LogP contribution in [0.1, 0.15) is 22.8 Å². The molecular formula is C18H16BrN2O+. The van der Waals surface area contributed by atoms with Crippen LogP contribution in [0.3, 0.4) is 0 Å². The van der Waals surface area contributed by atoms with E-state index in [4.69, 9.17) is 5.73 Å². The Balaban J connectivity index is 2.24. The molecule has 0 aliphatic rings. The van der Waals surface area contributed by atoms with Gasteiger partial charge in [-0.2, -0.15) is 4.57 Å². The Morgan fingerprint density at radius 3 is 2.77 bits per heavy atom. The Bertz CT molecular complexity index is 874. The molecule has 0 saturated carbocycles. The van der Waals surface area contributed by atoms with Crippen molar-refractivity contribution in [2.45, 2.75) is 13.3 Å². The number of nitrogens with zero attached hydrogens (tertiary/aromatic N) is 1. The summed E-state index contributed by atoms with van der Waals surface area (Å²) in [4.78, 5) is 11.7. The average molecular weight is 356 g/mol. The maximum absolute atomic E-state index is 11.7. The Morgan fingerprint density at radius 1 is 1.23 bits per heavy atom. The minimum atomic E-state index is -0.417. The number of carbonyl (C=O) groups is 1. The number of amides is 1. The zero-order valence-corrected chi connectivity index (χ0v) is 13.8. The van der Waals surface area contributed by atoms with Crippen molar-refractivity contribution in [2.24, 2.45) is 5.73 Å². The summed E-state index contributed by atoms with van der Waals surface area (Å²) in [5.74, 6) is -0.417. The Kier molecular flexibility index (Phi) is 3.94. The highest BCUT2D eigenvalue weighted by Crippen LogP contribution is 2.22. The van der Waals surface area contributed by atoms with Crippen LogP contribution in [0.15, 0.2) is 59.3 Å². The lowest BCUT2D eigenvalue weighted by atomic mass is 10.1. The molecule has 0 atom stereocenters. The van der Waals surface area contributed by atoms with Crippen LogP contribution in [0.2, 0.25) is 0 Å². The highest BCUT2D eigenvalue weighted by molar-refractivity contribution is 9.10. The first kappa shape index (κ1) is 14.7. The van der Waals surface area contributed by atoms with Crippen molar-refractivity contribution in [3.05, 3.63) is 70.5 Å². The molecule has 0 unspecified atom stereocenters. The summed E-state index contributed by atoms with van der Waals surface area (Å²) in [5.41, 5.74) is 8.03. The van der Waals surface area contributed by atoms with E-state index < -0.39 is 5.91 Å². The van der Waals surface area contributed by atoms with Gasteiger partial charge in [-0.1, -0.05) is 35.0 Å². The van der Waals surface area contributed by atoms with Crippen LogP contribution >= 0.6 is 15.9 Å². The van der Waals surface area contributed by atoms with E-state index in [-0.39, 0.29) is 0 Å². The number of aromatic nitrogens is 1. The van der Waals surface area contributed by atoms with Crippen molar-refractivity contribution < 1.29 is 9.36 Å². The fourth-order valence-electron chi connectivity index (χ4n) is 2.56. The molecule has 0 fully saturated rings. The number of halogens is 1. The van der Waals surface area contributed by atoms with Gasteiger partial charge >= 0.3 is 0 Å². The highest BCUT2D eigenvalue weighted by atomic mass is 79.9. The number of hydrogen-bond donors (Lipinski definition) is 1. The van der Waals surface area contributed by atoms with Gasteiger partial charge in [0.05, 0.1) is 0 Å². The van der Waals surface area contributed by atoms with Crippen molar-refractivity contribution in [1.29, 1.82) is 0 Å². The SMILES string of the molecule is CCc1ccc(C(N)=O)c(-[n+]2ccc3c(Br)cccc3c2)c1. The van der Waals surface area contributed by atoms with E-state index in [9.17, 15) is 4.79 Å². The van der Waals surface area contributed by atoms with Crippen LogP contribution in [-0.4, -0.2) is 5.91 Å². The lowest BCUT2D eigenvalue weighted by Gasteiger charge is -2.05. The number of pyridine rings is 1. The summed E-state index contributed by atoms with van der Waals surface area (Å²) < 4.78 is 3.00. The number of aryl methyl sites for hydroxylation is 1. The molecule has 1 heterocycles. The fraction of sp³-hybridized carbons (Fsp3) is 0.111. The smallest absolute Gasteiger partial charge is 0.255 e. The molecule has 0 bridgehead atoms. The molecule has 0 aliphatic carbocycles. The first-order valence-corrected chi connectivity index (χ1v) is 7.92. The molecule has 3 rings (SSSR count). The number of hydrogen-bond acceptors (Lipinski definition) is 1. The number of fused-ring (bicyclic) bond motifs is 1. The quantitative estimate of drug-likeness (QED) is 0.717. The van der Waals surface area contributed by atoms with E-state index in [1.54, 1.807) is 6.07 Å². The van der Waals surface area contributed by atoms with Gasteiger partial charge in [0.1, 0.15) is 5.56 Å². The van der Waals surface area contributed by atoms with E-state index in [0.29, 0.717) is 5.56 Å². The minimum Gasteiger partial charge on any atom is -0.365 e. The second kappa shape index (κ2) is 5.89. The van der Waals surface area contributed by atoms with Crippen molar-refractivity contribution >= 4 is 32.6 Å². The summed E-state index contributed by atoms with van der Waals surface area (Å²) in [6, 6.07) is 13.8. The summed E-state index contributed by atoms with van der Waals surface area (Å²) in [6.07, 6.45) is 4.88. The van der Waals surface area contributed by atoms with Crippen LogP contribution in [0.25, 0.3) is 16.5 Å². The standard InChI is InChI=1S/C18H15BrN2O/c1-2-12-6-7-15(18(20)22)17(10-12)21-9-8-14-13(11-21)4-3-5-16(14)19/h3-11H,2H2,1H3,(H-,20,22)/p+1. The third-order valence-electron chi connectivity index (χ3n) is 3.78. The zero-order chi connectivity index (χ0) is 15.7. The van der Waals surface area contributed by atoms with E-state index in [1.807, 2.05) is 53.4 Å². The zero-order valence-electron chi connectivity index (χ0n) is 12.2. The van der Waals surface area contributed by atoms with Gasteiger partial charge in [-0.25, -0.2) is 0 Å². The first-order valence-electron chi connectivity index (χ1n) is 7.13. The largest absolute Gasteiger partial charge is 0.365 e. The maximum atomic E-state index is 11.7. The summed E-state index contributed by atoms with van der Waals surface area (Å²) in [5, 5.41) is 2.22. The molecule has 0 aliphatic heterocycles. The molecule has 1 amide bonds. The predicted molar refractivity (Wildman–Crippen MR) is 91.1 cm³/mol. The summed E-state index contributed by atoms with van der Waals surface area (Å²) in [7, 11) is 0. The van der Waals surface area contributed by atoms with Gasteiger partial charge in [0, 0.05) is 27.4 Å². The lowest BCUT2D eigenvalue weighted by molar-refractivity contribution is -0.594. The molecule has 2 N–H and O–H groups in total. The number of primary amides is 1. The van der Waals surface area contributed by atoms with Crippen molar-refractivity contribution in [1.82, 2.24) is 0 Å². The molecule has 2 aromatic carbocycles. The molecule has 22 heavy (non-hydrogen) atoms. The number of nitrogens with two attached hydrogens (primary N) is 1. The van der Waals surface area contributed by atoms with Gasteiger partial charge in [0.15, 0.2) is 12.4 Å². The first-order chi connectivity index (χ1) is 10.6. The third-order valence-corrected chi connectivity index (χ3v) is 4.47. The third kappa shape index (κ3) is 2.62. The van der Waals surface area contributed by atoms with Gasteiger partial charge < -0.3 is 5.73 Å². The summed E-state index contributed by atoms with van der Waals surface area (Å²) >= 11 is 3.55. The van der Waals surface area contributed by atoms with E-state index in [1.165, 1.54) is 5.56 Å². The van der Waals surface area contributed by atoms with Crippen molar-refractivity contribution in [2.75, 3.05) is 0 Å². The molecular weight excluding hydrogens is 340 g/mol. The monoisotopic (exact) mass is 355 g/mol. The molecule has 3 nitrogen and oxygen atoms in total. The van der Waals surface area contributed by atoms with Crippen LogP contribution in [0.5, 0.6) is 0 Å². The van der Waals surface area contributed by atoms with E-state index in [0.717, 1.165) is 27.4 Å². The topological polar surface area (TPSA) is 47.0 Å². The van der Waals surface area contributed by atoms with E-state index in [2.05, 4.69) is 22.9 Å². The Hall–Kier alpha value is -2.20. The number of carbonyl (C=O) groups excluding carboxylic acids is 1. The Morgan fingerprint density at radius 2 is 2.05 bits per heavy atom. The van der Waals surface area contributed by atoms with E-state index >= 15 is 0 Å². The van der Waals surface area contributed by atoms with Gasteiger partial charge in [-0.3, -0.25) is 4.79 Å². The molecule has 0 radical (unpaired) electrons. The average Bonchev–Trinajstić information content (AvgIpc) is 2.54. The van der Waals surface area contributed by atoms with Gasteiger partial charge in [0.2, 0.25) is 5.69 Å². The van der Waals surface area contributed by atoms with Crippen LogP contribution < -0.4 is 10.3 Å². The van der Waals surface area contributed by atoms with Crippen LogP contribution in [0.4, 0.5) is 0 Å². The number of rotatable bonds is 3. The van der Waals surface area contributed by atoms with Gasteiger partial charge in [-0.15, -0.1) is 0 Å². The van der Waals surface area contributed by atoms with Crippen molar-refractivity contribution in [3.8, 4) is 5.69 Å². The second-order valence-corrected chi connectivity index (χ2v) is 6.02. The fourth-order valence-corrected chi connectivity index (χ4v) is 3.07. The molecule has 3 aromatic rings. The normalized spacial score (nSPS) is 10.8. The number of benzene rings is 2. The molecule has 0 saturated heterocycles. The molecule has 1 aromatic heterocycles. The maximum Gasteiger partial charge on any atom is 0.255 e. The molecule has 0 spiro atoms. The molecule has 110 valence electrons. The highest BCUT2D eigenvalue weighted by Gasteiger charge is 2.18. The van der Waals surface area contributed by atoms with Gasteiger partial charge in [0.25, 0.3) is 5.91 Å². The predicted octanol–water partition coefficient (Wildman–Crippen LogP) is 3.54. The second-order valence-electron chi connectivity index (χ2n) is 5.16. The molecule has 4 heteroatoms. The lowest BCUT2D eigenvalue weighted by Crippen LogP contribution is -2.33. The van der Waals surface area contributed by atoms with Crippen molar-refractivity contribution in [3.63, 3.8) is 0 Å². The van der Waals surface area contributed by atoms with Gasteiger partial charge in [-0.05, 0) is 30.2 Å². The minimum absolute atomic E-state index is 0.417.